The number of rotatable bonds is 4. The second-order valence-corrected chi connectivity index (χ2v) is 7.27. The minimum atomic E-state index is -3.08. The van der Waals surface area contributed by atoms with Crippen LogP contribution in [-0.2, 0) is 14.8 Å². The predicted molar refractivity (Wildman–Crippen MR) is 61.8 cm³/mol. The first-order chi connectivity index (χ1) is 7.39. The number of nitrogens with one attached hydrogen (secondary N) is 2. The molecule has 2 rings (SSSR count). The largest absolute Gasteiger partial charge is 0.368 e. The molecular weight excluding hydrogens is 228 g/mol. The molecule has 1 atom stereocenters. The first-order valence-corrected chi connectivity index (χ1v) is 7.31. The smallest absolute Gasteiger partial charge is 0.214 e. The SMILES string of the molecule is CC1(C)CNCC(CNS(=O)(=O)C2CC2)O1. The van der Waals surface area contributed by atoms with Crippen LogP contribution in [0.5, 0.6) is 0 Å². The van der Waals surface area contributed by atoms with E-state index in [1.54, 1.807) is 0 Å². The molecule has 2 N–H and O–H groups in total. The van der Waals surface area contributed by atoms with E-state index >= 15 is 0 Å². The van der Waals surface area contributed by atoms with Crippen molar-refractivity contribution in [3.05, 3.63) is 0 Å². The fourth-order valence-corrected chi connectivity index (χ4v) is 3.30. The van der Waals surface area contributed by atoms with Crippen molar-refractivity contribution in [3.63, 3.8) is 0 Å². The average Bonchev–Trinajstić information content (AvgIpc) is 2.96. The van der Waals surface area contributed by atoms with Gasteiger partial charge >= 0.3 is 0 Å². The molecule has 1 saturated heterocycles. The van der Waals surface area contributed by atoms with Crippen molar-refractivity contribution in [1.82, 2.24) is 10.0 Å². The standard InChI is InChI=1S/C10H20N2O3S/c1-10(2)7-11-5-8(15-10)6-12-16(13,14)9-3-4-9/h8-9,11-12H,3-7H2,1-2H3. The predicted octanol–water partition coefficient (Wildman–Crippen LogP) is -0.165. The fraction of sp³-hybridized carbons (Fsp3) is 1.00. The van der Waals surface area contributed by atoms with E-state index in [1.807, 2.05) is 13.8 Å². The van der Waals surface area contributed by atoms with Gasteiger partial charge in [0.05, 0.1) is 17.0 Å². The molecule has 1 unspecified atom stereocenters. The maximum Gasteiger partial charge on any atom is 0.214 e. The number of morpholine rings is 1. The molecular formula is C10H20N2O3S. The molecule has 0 aromatic heterocycles. The van der Waals surface area contributed by atoms with Crippen LogP contribution in [0, 0.1) is 0 Å². The van der Waals surface area contributed by atoms with Gasteiger partial charge in [0.2, 0.25) is 10.0 Å². The van der Waals surface area contributed by atoms with Crippen LogP contribution in [0.1, 0.15) is 26.7 Å². The molecule has 0 amide bonds. The number of ether oxygens (including phenoxy) is 1. The normalized spacial score (nSPS) is 30.2. The van der Waals surface area contributed by atoms with Gasteiger partial charge in [0.25, 0.3) is 0 Å². The van der Waals surface area contributed by atoms with Crippen LogP contribution in [0.15, 0.2) is 0 Å². The van der Waals surface area contributed by atoms with Gasteiger partial charge in [-0.3, -0.25) is 0 Å². The Morgan fingerprint density at radius 2 is 2.12 bits per heavy atom. The minimum absolute atomic E-state index is 0.0720. The molecule has 0 aromatic rings. The summed E-state index contributed by atoms with van der Waals surface area (Å²) in [6.45, 7) is 5.88. The molecule has 94 valence electrons. The summed E-state index contributed by atoms with van der Waals surface area (Å²) >= 11 is 0. The van der Waals surface area contributed by atoms with E-state index in [4.69, 9.17) is 4.74 Å². The highest BCUT2D eigenvalue weighted by Crippen LogP contribution is 2.27. The van der Waals surface area contributed by atoms with Gasteiger partial charge in [0.1, 0.15) is 0 Å². The van der Waals surface area contributed by atoms with E-state index < -0.39 is 10.0 Å². The van der Waals surface area contributed by atoms with Crippen LogP contribution in [0.3, 0.4) is 0 Å². The third-order valence-corrected chi connectivity index (χ3v) is 4.80. The minimum Gasteiger partial charge on any atom is -0.368 e. The Kier molecular flexibility index (Phi) is 3.27. The first kappa shape index (κ1) is 12.3. The molecule has 0 radical (unpaired) electrons. The molecule has 6 heteroatoms. The third-order valence-electron chi connectivity index (χ3n) is 2.88. The van der Waals surface area contributed by atoms with Crippen LogP contribution in [0.25, 0.3) is 0 Å². The van der Waals surface area contributed by atoms with E-state index in [0.29, 0.717) is 13.1 Å². The van der Waals surface area contributed by atoms with Gasteiger partial charge in [-0.25, -0.2) is 13.1 Å². The van der Waals surface area contributed by atoms with Gasteiger partial charge in [0.15, 0.2) is 0 Å². The molecule has 0 aromatic carbocycles. The van der Waals surface area contributed by atoms with Crippen LogP contribution in [0.4, 0.5) is 0 Å². The lowest BCUT2D eigenvalue weighted by molar-refractivity contribution is -0.0903. The summed E-state index contributed by atoms with van der Waals surface area (Å²) in [6, 6.07) is 0. The van der Waals surface area contributed by atoms with Crippen molar-refractivity contribution in [3.8, 4) is 0 Å². The summed E-state index contributed by atoms with van der Waals surface area (Å²) in [4.78, 5) is 0. The number of hydrogen-bond acceptors (Lipinski definition) is 4. The van der Waals surface area contributed by atoms with Crippen molar-refractivity contribution in [2.45, 2.75) is 43.6 Å². The zero-order valence-electron chi connectivity index (χ0n) is 9.82. The van der Waals surface area contributed by atoms with Gasteiger partial charge in [-0.05, 0) is 26.7 Å². The Hall–Kier alpha value is -0.170. The lowest BCUT2D eigenvalue weighted by Gasteiger charge is -2.36. The Morgan fingerprint density at radius 1 is 1.44 bits per heavy atom. The van der Waals surface area contributed by atoms with Crippen LogP contribution >= 0.6 is 0 Å². The first-order valence-electron chi connectivity index (χ1n) is 5.76. The second kappa shape index (κ2) is 4.25. The van der Waals surface area contributed by atoms with Crippen LogP contribution in [0.2, 0.25) is 0 Å². The Balaban J connectivity index is 1.81. The van der Waals surface area contributed by atoms with Gasteiger partial charge in [0, 0.05) is 19.6 Å². The van der Waals surface area contributed by atoms with E-state index in [2.05, 4.69) is 10.0 Å². The van der Waals surface area contributed by atoms with E-state index in [1.165, 1.54) is 0 Å². The van der Waals surface area contributed by atoms with Crippen LogP contribution < -0.4 is 10.0 Å². The Bertz CT molecular complexity index is 349. The number of hydrogen-bond donors (Lipinski definition) is 2. The molecule has 16 heavy (non-hydrogen) atoms. The molecule has 1 aliphatic carbocycles. The summed E-state index contributed by atoms with van der Waals surface area (Å²) in [5.74, 6) is 0. The van der Waals surface area contributed by atoms with Crippen LogP contribution in [-0.4, -0.2) is 45.0 Å². The highest BCUT2D eigenvalue weighted by Gasteiger charge is 2.36. The lowest BCUT2D eigenvalue weighted by atomic mass is 10.1. The highest BCUT2D eigenvalue weighted by molar-refractivity contribution is 7.90. The molecule has 2 aliphatic rings. The third kappa shape index (κ3) is 3.16. The molecule has 0 spiro atoms. The van der Waals surface area contributed by atoms with Crippen molar-refractivity contribution < 1.29 is 13.2 Å². The monoisotopic (exact) mass is 248 g/mol. The van der Waals surface area contributed by atoms with Crippen molar-refractivity contribution in [1.29, 1.82) is 0 Å². The summed E-state index contributed by atoms with van der Waals surface area (Å²) < 4.78 is 31.6. The summed E-state index contributed by atoms with van der Waals surface area (Å²) in [5.41, 5.74) is -0.214. The molecule has 2 fully saturated rings. The lowest BCUT2D eigenvalue weighted by Crippen LogP contribution is -2.53. The fourth-order valence-electron chi connectivity index (χ4n) is 1.89. The van der Waals surface area contributed by atoms with Crippen molar-refractivity contribution in [2.24, 2.45) is 0 Å². The summed E-state index contributed by atoms with van der Waals surface area (Å²) in [6.07, 6.45) is 1.52. The van der Waals surface area contributed by atoms with Crippen molar-refractivity contribution in [2.75, 3.05) is 19.6 Å². The number of sulfonamides is 1. The molecule has 5 nitrogen and oxygen atoms in total. The second-order valence-electron chi connectivity index (χ2n) is 5.22. The summed E-state index contributed by atoms with van der Waals surface area (Å²) in [5, 5.41) is 3.09. The average molecular weight is 248 g/mol. The van der Waals surface area contributed by atoms with E-state index in [9.17, 15) is 8.42 Å². The Morgan fingerprint density at radius 3 is 2.69 bits per heavy atom. The highest BCUT2D eigenvalue weighted by atomic mass is 32.2. The molecule has 1 saturated carbocycles. The molecule has 1 aliphatic heterocycles. The zero-order chi connectivity index (χ0) is 11.8. The Labute approximate surface area is 97.0 Å². The molecule has 0 bridgehead atoms. The van der Waals surface area contributed by atoms with E-state index in [-0.39, 0.29) is 17.0 Å². The summed E-state index contributed by atoms with van der Waals surface area (Å²) in [7, 11) is -3.08. The van der Waals surface area contributed by atoms with Crippen molar-refractivity contribution >= 4 is 10.0 Å². The quantitative estimate of drug-likeness (QED) is 0.725. The van der Waals surface area contributed by atoms with E-state index in [0.717, 1.165) is 19.4 Å². The van der Waals surface area contributed by atoms with Gasteiger partial charge < -0.3 is 10.1 Å². The maximum atomic E-state index is 11.6. The maximum absolute atomic E-state index is 11.6. The zero-order valence-corrected chi connectivity index (χ0v) is 10.6. The topological polar surface area (TPSA) is 67.4 Å². The van der Waals surface area contributed by atoms with Gasteiger partial charge in [-0.2, -0.15) is 0 Å². The van der Waals surface area contributed by atoms with Gasteiger partial charge in [-0.15, -0.1) is 0 Å². The van der Waals surface area contributed by atoms with Gasteiger partial charge in [-0.1, -0.05) is 0 Å². The molecule has 1 heterocycles.